The molecule has 6 heteroatoms. The number of pyridine rings is 1. The van der Waals surface area contributed by atoms with Crippen molar-refractivity contribution in [3.8, 4) is 0 Å². The second-order valence-electron chi connectivity index (χ2n) is 11.0. The fraction of sp³-hybridized carbons (Fsp3) is 0.279. The van der Waals surface area contributed by atoms with E-state index in [1.165, 1.54) is 20.3 Å². The minimum atomic E-state index is -0.393. The monoisotopic (exact) mass is 692 g/mol. The number of fused-ring (bicyclic) bond motifs is 2. The highest BCUT2D eigenvalue weighted by Gasteiger charge is 2.38. The molecule has 0 bridgehead atoms. The molecular formula is C43H56N4S2. The lowest BCUT2D eigenvalue weighted by Crippen LogP contribution is -2.30. The Morgan fingerprint density at radius 1 is 0.837 bits per heavy atom. The Labute approximate surface area is 305 Å². The number of anilines is 1. The average Bonchev–Trinajstić information content (AvgIpc) is 3.71. The maximum atomic E-state index is 6.75. The van der Waals surface area contributed by atoms with Crippen molar-refractivity contribution in [2.45, 2.75) is 89.1 Å². The predicted molar refractivity (Wildman–Crippen MR) is 220 cm³/mol. The molecule has 6 rings (SSSR count). The van der Waals surface area contributed by atoms with Crippen LogP contribution in [0.2, 0.25) is 0 Å². The summed E-state index contributed by atoms with van der Waals surface area (Å²) in [7, 11) is 0. The number of hydrogen-bond acceptors (Lipinski definition) is 6. The Hall–Kier alpha value is -3.97. The molecule has 1 aromatic heterocycles. The van der Waals surface area contributed by atoms with E-state index in [0.29, 0.717) is 0 Å². The molecule has 2 unspecified atom stereocenters. The van der Waals surface area contributed by atoms with Gasteiger partial charge in [0.25, 0.3) is 0 Å². The zero-order valence-electron chi connectivity index (χ0n) is 30.8. The number of nitrogens with zero attached hydrogens (tertiary/aromatic N) is 1. The van der Waals surface area contributed by atoms with Gasteiger partial charge in [-0.2, -0.15) is 0 Å². The average molecular weight is 693 g/mol. The van der Waals surface area contributed by atoms with Crippen molar-refractivity contribution >= 4 is 34.9 Å². The summed E-state index contributed by atoms with van der Waals surface area (Å²) in [5.41, 5.74) is 13.3. The van der Waals surface area contributed by atoms with E-state index >= 15 is 0 Å². The number of hydrogen-bond donors (Lipinski definition) is 3. The van der Waals surface area contributed by atoms with Crippen LogP contribution in [0.5, 0.6) is 0 Å². The van der Waals surface area contributed by atoms with Crippen LogP contribution in [0.15, 0.2) is 149 Å². The zero-order valence-corrected chi connectivity index (χ0v) is 32.5. The van der Waals surface area contributed by atoms with E-state index in [-0.39, 0.29) is 10.8 Å². The number of thioether (sulfide) groups is 2. The number of nitrogens with one attached hydrogen (secondary N) is 2. The third-order valence-corrected chi connectivity index (χ3v) is 10.1. The molecular weight excluding hydrogens is 637 g/mol. The molecule has 2 aliphatic heterocycles. The minimum Gasteiger partial charge on any atom is -0.367 e. The summed E-state index contributed by atoms with van der Waals surface area (Å²) in [5, 5.41) is 7.32. The number of aromatic nitrogens is 1. The molecule has 3 heterocycles. The highest BCUT2D eigenvalue weighted by Crippen LogP contribution is 2.54. The fourth-order valence-corrected chi connectivity index (χ4v) is 7.49. The summed E-state index contributed by atoms with van der Waals surface area (Å²) >= 11 is 3.62. The standard InChI is InChI=1S/C30H28N4S2.C5H8.C4H8.2C2H6/c1-30(2)21-12-6-8-14-24(21)35-27(30)26(19-10-4-3-5-11-19)34-28(31)20-16-17-23(32-18-20)29-33-22-13-7-9-15-25(22)36-29;1-3-5-4-2;1-3-4-2;2*1-2/h3-18,28-29,33-34H,31H2,1-2H3;3-5H,1H2,2H3;3-4H,1-2H3;2*1-2H3/b27-26-;5-4-;4-3-;;. The normalized spacial score (nSPS) is 16.4. The Bertz CT molecular complexity index is 1610. The van der Waals surface area contributed by atoms with Gasteiger partial charge in [0.2, 0.25) is 0 Å². The van der Waals surface area contributed by atoms with Gasteiger partial charge in [0.05, 0.1) is 11.4 Å². The van der Waals surface area contributed by atoms with Gasteiger partial charge in [-0.25, -0.2) is 0 Å². The number of nitrogens with two attached hydrogens (primary N) is 1. The summed E-state index contributed by atoms with van der Waals surface area (Å²) < 4.78 is 0. The molecule has 0 spiro atoms. The largest absolute Gasteiger partial charge is 0.367 e. The van der Waals surface area contributed by atoms with Crippen LogP contribution in [-0.2, 0) is 5.41 Å². The first-order chi connectivity index (χ1) is 23.8. The van der Waals surface area contributed by atoms with Gasteiger partial charge in [0, 0.05) is 37.6 Å². The van der Waals surface area contributed by atoms with E-state index in [2.05, 4.69) is 116 Å². The third-order valence-electron chi connectivity index (χ3n) is 7.45. The molecule has 0 aliphatic carbocycles. The summed E-state index contributed by atoms with van der Waals surface area (Å²) in [6.07, 6.45) is 11.1. The molecule has 2 atom stereocenters. The van der Waals surface area contributed by atoms with E-state index in [9.17, 15) is 0 Å². The van der Waals surface area contributed by atoms with Crippen LogP contribution >= 0.6 is 23.5 Å². The molecule has 0 fully saturated rings. The van der Waals surface area contributed by atoms with Gasteiger partial charge in [-0.1, -0.05) is 169 Å². The molecule has 4 N–H and O–H groups in total. The van der Waals surface area contributed by atoms with Crippen LogP contribution in [0.1, 0.15) is 96.2 Å². The first kappa shape index (κ1) is 41.2. The Morgan fingerprint density at radius 2 is 1.45 bits per heavy atom. The van der Waals surface area contributed by atoms with E-state index in [1.54, 1.807) is 17.8 Å². The topological polar surface area (TPSA) is 63.0 Å². The Balaban J connectivity index is 0.000000559. The van der Waals surface area contributed by atoms with Crippen molar-refractivity contribution in [1.29, 1.82) is 0 Å². The molecule has 49 heavy (non-hydrogen) atoms. The second kappa shape index (κ2) is 21.9. The van der Waals surface area contributed by atoms with Gasteiger partial charge >= 0.3 is 0 Å². The van der Waals surface area contributed by atoms with E-state index in [0.717, 1.165) is 28.2 Å². The highest BCUT2D eigenvalue weighted by molar-refractivity contribution is 8.03. The summed E-state index contributed by atoms with van der Waals surface area (Å²) in [6.45, 7) is 22.0. The van der Waals surface area contributed by atoms with Gasteiger partial charge in [-0.3, -0.25) is 4.98 Å². The van der Waals surface area contributed by atoms with Gasteiger partial charge in [0.15, 0.2) is 0 Å². The van der Waals surface area contributed by atoms with Gasteiger partial charge in [0.1, 0.15) is 11.5 Å². The summed E-state index contributed by atoms with van der Waals surface area (Å²) in [4.78, 5) is 8.61. The van der Waals surface area contributed by atoms with Gasteiger partial charge in [-0.15, -0.1) is 0 Å². The van der Waals surface area contributed by atoms with Crippen LogP contribution < -0.4 is 16.4 Å². The van der Waals surface area contributed by atoms with Crippen molar-refractivity contribution < 1.29 is 0 Å². The van der Waals surface area contributed by atoms with Crippen LogP contribution in [0, 0.1) is 0 Å². The Kier molecular flexibility index (Phi) is 18.4. The van der Waals surface area contributed by atoms with Crippen LogP contribution in [-0.4, -0.2) is 4.98 Å². The zero-order chi connectivity index (χ0) is 36.2. The molecule has 4 nitrogen and oxygen atoms in total. The van der Waals surface area contributed by atoms with Gasteiger partial charge in [-0.05, 0) is 56.2 Å². The fourth-order valence-electron chi connectivity index (χ4n) is 4.93. The highest BCUT2D eigenvalue weighted by atomic mass is 32.2. The molecule has 3 aromatic carbocycles. The summed E-state index contributed by atoms with van der Waals surface area (Å²) in [6, 6.07) is 31.7. The number of para-hydroxylation sites is 1. The molecule has 0 saturated carbocycles. The number of benzene rings is 3. The van der Waals surface area contributed by atoms with Gasteiger partial charge < -0.3 is 16.4 Å². The van der Waals surface area contributed by atoms with Crippen molar-refractivity contribution in [1.82, 2.24) is 10.3 Å². The predicted octanol–water partition coefficient (Wildman–Crippen LogP) is 12.7. The number of allylic oxidation sites excluding steroid dienone is 6. The molecule has 0 amide bonds. The number of rotatable bonds is 6. The van der Waals surface area contributed by atoms with Crippen molar-refractivity contribution in [2.75, 3.05) is 5.32 Å². The maximum absolute atomic E-state index is 6.75. The lowest BCUT2D eigenvalue weighted by molar-refractivity contribution is 0.630. The smallest absolute Gasteiger partial charge is 0.120 e. The third kappa shape index (κ3) is 11.3. The van der Waals surface area contributed by atoms with Crippen LogP contribution in [0.4, 0.5) is 5.69 Å². The lowest BCUT2D eigenvalue weighted by atomic mass is 9.83. The molecule has 4 aromatic rings. The molecule has 0 radical (unpaired) electrons. The maximum Gasteiger partial charge on any atom is 0.120 e. The molecule has 2 aliphatic rings. The second-order valence-corrected chi connectivity index (χ2v) is 13.2. The lowest BCUT2D eigenvalue weighted by Gasteiger charge is -2.27. The SMILES string of the molecule is C/C=C\C.C=C/C=C\C.CC.CC.CC1(C)/C(=C(/NC(N)c2ccc(C3Nc4ccccc4S3)nc2)c2ccccc2)Sc2ccccc21. The van der Waals surface area contributed by atoms with E-state index in [4.69, 9.17) is 10.7 Å². The summed E-state index contributed by atoms with van der Waals surface area (Å²) in [5.74, 6) is 0. The minimum absolute atomic E-state index is 0.108. The molecule has 260 valence electrons. The van der Waals surface area contributed by atoms with Crippen molar-refractivity contribution in [3.63, 3.8) is 0 Å². The Morgan fingerprint density at radius 3 is 1.98 bits per heavy atom. The quantitative estimate of drug-likeness (QED) is 0.106. The van der Waals surface area contributed by atoms with Crippen LogP contribution in [0.3, 0.4) is 0 Å². The van der Waals surface area contributed by atoms with E-state index < -0.39 is 6.17 Å². The van der Waals surface area contributed by atoms with Crippen molar-refractivity contribution in [2.24, 2.45) is 5.73 Å². The first-order valence-electron chi connectivity index (χ1n) is 17.2. The van der Waals surface area contributed by atoms with Crippen molar-refractivity contribution in [3.05, 3.63) is 161 Å². The first-order valence-corrected chi connectivity index (χ1v) is 18.9. The van der Waals surface area contributed by atoms with Crippen LogP contribution in [0.25, 0.3) is 5.70 Å². The molecule has 0 saturated heterocycles. The van der Waals surface area contributed by atoms with E-state index in [1.807, 2.05) is 96.8 Å².